The fourth-order valence-corrected chi connectivity index (χ4v) is 5.11. The Morgan fingerprint density at radius 1 is 1.12 bits per heavy atom. The second-order valence-corrected chi connectivity index (χ2v) is 11.7. The summed E-state index contributed by atoms with van der Waals surface area (Å²) in [7, 11) is -1.42. The van der Waals surface area contributed by atoms with Crippen LogP contribution in [0, 0.1) is 0 Å². The number of aliphatic hydroxyl groups excluding tert-OH is 2. The van der Waals surface area contributed by atoms with E-state index in [0.29, 0.717) is 5.02 Å². The fraction of sp³-hybridized carbons (Fsp3) is 0.538. The van der Waals surface area contributed by atoms with Crippen molar-refractivity contribution < 1.29 is 10.2 Å². The number of halogens is 1. The lowest BCUT2D eigenvalue weighted by Crippen LogP contribution is -2.42. The molecule has 0 saturated carbocycles. The maximum Gasteiger partial charge on any atom is 0.0547 e. The van der Waals surface area contributed by atoms with Gasteiger partial charge in [0.1, 0.15) is 0 Å². The van der Waals surface area contributed by atoms with Crippen molar-refractivity contribution in [2.45, 2.75) is 31.1 Å². The topological polar surface area (TPSA) is 40.5 Å². The summed E-state index contributed by atoms with van der Waals surface area (Å²) in [5.41, 5.74) is 0.247. The zero-order chi connectivity index (χ0) is 13.1. The van der Waals surface area contributed by atoms with Gasteiger partial charge >= 0.3 is 0 Å². The largest absolute Gasteiger partial charge is 0.395 e. The third-order valence-corrected chi connectivity index (χ3v) is 4.99. The van der Waals surface area contributed by atoms with Crippen LogP contribution in [0.15, 0.2) is 24.3 Å². The fourth-order valence-electron chi connectivity index (χ4n) is 2.33. The van der Waals surface area contributed by atoms with Gasteiger partial charge in [0.05, 0.1) is 13.2 Å². The molecule has 0 fully saturated rings. The zero-order valence-corrected chi connectivity index (χ0v) is 12.5. The zero-order valence-electron chi connectivity index (χ0n) is 10.7. The smallest absolute Gasteiger partial charge is 0.0547 e. The van der Waals surface area contributed by atoms with Crippen LogP contribution in [0.2, 0.25) is 30.7 Å². The van der Waals surface area contributed by atoms with Gasteiger partial charge in [-0.25, -0.2) is 0 Å². The molecule has 0 aliphatic rings. The van der Waals surface area contributed by atoms with E-state index in [1.807, 2.05) is 18.2 Å². The summed E-state index contributed by atoms with van der Waals surface area (Å²) >= 11 is 6.19. The van der Waals surface area contributed by atoms with Crippen LogP contribution in [0.25, 0.3) is 0 Å². The number of hydrogen-bond acceptors (Lipinski definition) is 2. The molecule has 2 nitrogen and oxygen atoms in total. The molecule has 1 aromatic carbocycles. The van der Waals surface area contributed by atoms with Gasteiger partial charge in [0.15, 0.2) is 0 Å². The molecule has 0 spiro atoms. The second kappa shape index (κ2) is 5.53. The van der Waals surface area contributed by atoms with E-state index < -0.39 is 13.5 Å². The first kappa shape index (κ1) is 14.7. The van der Waals surface area contributed by atoms with Crippen molar-refractivity contribution in [3.63, 3.8) is 0 Å². The van der Waals surface area contributed by atoms with Crippen molar-refractivity contribution in [3.05, 3.63) is 34.9 Å². The highest BCUT2D eigenvalue weighted by Gasteiger charge is 2.37. The molecule has 0 aromatic heterocycles. The van der Waals surface area contributed by atoms with Crippen LogP contribution < -0.4 is 0 Å². The molecule has 0 saturated heterocycles. The number of benzene rings is 1. The number of aliphatic hydroxyl groups is 2. The first-order valence-electron chi connectivity index (χ1n) is 5.81. The molecule has 0 radical (unpaired) electrons. The molecular formula is C13H21ClO2Si. The van der Waals surface area contributed by atoms with Gasteiger partial charge in [-0.3, -0.25) is 0 Å². The Kier molecular flexibility index (Phi) is 4.78. The Bertz CT molecular complexity index is 370. The predicted molar refractivity (Wildman–Crippen MR) is 75.5 cm³/mol. The van der Waals surface area contributed by atoms with E-state index in [-0.39, 0.29) is 13.2 Å². The van der Waals surface area contributed by atoms with Crippen LogP contribution in [-0.2, 0) is 5.41 Å². The Balaban J connectivity index is 3.20. The minimum atomic E-state index is -1.42. The summed E-state index contributed by atoms with van der Waals surface area (Å²) in [6, 6.07) is 8.28. The van der Waals surface area contributed by atoms with Gasteiger partial charge in [0, 0.05) is 18.5 Å². The summed E-state index contributed by atoms with van der Waals surface area (Å²) in [5.74, 6) is 0. The predicted octanol–water partition coefficient (Wildman–Crippen LogP) is 2.90. The van der Waals surface area contributed by atoms with Gasteiger partial charge < -0.3 is 10.2 Å². The van der Waals surface area contributed by atoms with E-state index in [1.54, 1.807) is 6.07 Å². The lowest BCUT2D eigenvalue weighted by atomic mass is 9.84. The molecule has 0 aliphatic carbocycles. The highest BCUT2D eigenvalue weighted by molar-refractivity contribution is 6.76. The van der Waals surface area contributed by atoms with E-state index in [9.17, 15) is 10.2 Å². The molecule has 0 amide bonds. The minimum absolute atomic E-state index is 0.0719. The molecule has 4 heteroatoms. The lowest BCUT2D eigenvalue weighted by Gasteiger charge is -2.36. The Hall–Kier alpha value is -0.353. The van der Waals surface area contributed by atoms with Crippen LogP contribution in [0.1, 0.15) is 5.56 Å². The molecule has 1 rings (SSSR count). The average molecular weight is 273 g/mol. The molecular weight excluding hydrogens is 252 g/mol. The van der Waals surface area contributed by atoms with Gasteiger partial charge in [0.2, 0.25) is 0 Å². The van der Waals surface area contributed by atoms with Crippen molar-refractivity contribution in [2.75, 3.05) is 13.2 Å². The lowest BCUT2D eigenvalue weighted by molar-refractivity contribution is 0.128. The first-order chi connectivity index (χ1) is 7.84. The van der Waals surface area contributed by atoms with E-state index in [2.05, 4.69) is 19.6 Å². The van der Waals surface area contributed by atoms with Crippen molar-refractivity contribution in [3.8, 4) is 0 Å². The van der Waals surface area contributed by atoms with Crippen LogP contribution in [0.5, 0.6) is 0 Å². The average Bonchev–Trinajstić information content (AvgIpc) is 2.25. The van der Waals surface area contributed by atoms with E-state index >= 15 is 0 Å². The first-order valence-corrected chi connectivity index (χ1v) is 9.90. The second-order valence-electron chi connectivity index (χ2n) is 5.81. The van der Waals surface area contributed by atoms with Crippen molar-refractivity contribution >= 4 is 19.7 Å². The summed E-state index contributed by atoms with van der Waals surface area (Å²) in [6.07, 6.45) is 0. The van der Waals surface area contributed by atoms with Crippen LogP contribution in [0.4, 0.5) is 0 Å². The standard InChI is InChI=1S/C13H21ClO2Si/c1-17(2,3)10-13(8-15,9-16)11-6-4-5-7-12(11)14/h4-7,15-16H,8-10H2,1-3H3. The van der Waals surface area contributed by atoms with Gasteiger partial charge in [-0.15, -0.1) is 0 Å². The summed E-state index contributed by atoms with van der Waals surface area (Å²) in [4.78, 5) is 0. The van der Waals surface area contributed by atoms with Gasteiger partial charge in [-0.1, -0.05) is 49.4 Å². The molecule has 0 bridgehead atoms. The Morgan fingerprint density at radius 2 is 1.65 bits per heavy atom. The van der Waals surface area contributed by atoms with E-state index in [1.165, 1.54) is 0 Å². The summed E-state index contributed by atoms with van der Waals surface area (Å²) < 4.78 is 0. The highest BCUT2D eigenvalue weighted by Crippen LogP contribution is 2.36. The monoisotopic (exact) mass is 272 g/mol. The van der Waals surface area contributed by atoms with Gasteiger partial charge in [0.25, 0.3) is 0 Å². The summed E-state index contributed by atoms with van der Waals surface area (Å²) in [5, 5.41) is 20.1. The van der Waals surface area contributed by atoms with Crippen LogP contribution in [0.3, 0.4) is 0 Å². The van der Waals surface area contributed by atoms with Gasteiger partial charge in [-0.2, -0.15) is 0 Å². The number of hydrogen-bond donors (Lipinski definition) is 2. The van der Waals surface area contributed by atoms with Crippen molar-refractivity contribution in [1.82, 2.24) is 0 Å². The molecule has 0 aliphatic heterocycles. The maximum absolute atomic E-state index is 9.72. The third-order valence-electron chi connectivity index (χ3n) is 2.92. The minimum Gasteiger partial charge on any atom is -0.395 e. The van der Waals surface area contributed by atoms with E-state index in [4.69, 9.17) is 11.6 Å². The maximum atomic E-state index is 9.72. The van der Waals surface area contributed by atoms with Crippen molar-refractivity contribution in [1.29, 1.82) is 0 Å². The van der Waals surface area contributed by atoms with E-state index in [0.717, 1.165) is 11.6 Å². The molecule has 96 valence electrons. The van der Waals surface area contributed by atoms with Gasteiger partial charge in [-0.05, 0) is 17.7 Å². The molecule has 0 atom stereocenters. The molecule has 0 unspecified atom stereocenters. The Morgan fingerprint density at radius 3 is 2.06 bits per heavy atom. The molecule has 2 N–H and O–H groups in total. The van der Waals surface area contributed by atoms with Crippen LogP contribution in [-0.4, -0.2) is 31.5 Å². The highest BCUT2D eigenvalue weighted by atomic mass is 35.5. The Labute approximate surface area is 109 Å². The molecule has 1 aromatic rings. The normalized spacial score (nSPS) is 12.8. The van der Waals surface area contributed by atoms with Crippen LogP contribution >= 0.6 is 11.6 Å². The quantitative estimate of drug-likeness (QED) is 0.809. The SMILES string of the molecule is C[Si](C)(C)CC(CO)(CO)c1ccccc1Cl. The molecule has 17 heavy (non-hydrogen) atoms. The third kappa shape index (κ3) is 3.55. The number of rotatable bonds is 5. The van der Waals surface area contributed by atoms with Crippen molar-refractivity contribution in [2.24, 2.45) is 0 Å². The summed E-state index contributed by atoms with van der Waals surface area (Å²) in [6.45, 7) is 6.53. The molecule has 0 heterocycles.